The SMILES string of the molecule is Cc1ccccc1Nc1ncnc(NCc2ccco2)c1N. The quantitative estimate of drug-likeness (QED) is 0.669. The first-order valence-electron chi connectivity index (χ1n) is 6.93. The molecule has 112 valence electrons. The molecule has 0 aliphatic rings. The second kappa shape index (κ2) is 6.17. The van der Waals surface area contributed by atoms with Crippen LogP contribution >= 0.6 is 0 Å². The molecule has 0 saturated carbocycles. The molecule has 0 aliphatic heterocycles. The second-order valence-electron chi connectivity index (χ2n) is 4.86. The van der Waals surface area contributed by atoms with Crippen LogP contribution in [0.15, 0.2) is 53.4 Å². The number of hydrogen-bond acceptors (Lipinski definition) is 6. The smallest absolute Gasteiger partial charge is 0.159 e. The zero-order valence-corrected chi connectivity index (χ0v) is 12.2. The number of benzene rings is 1. The van der Waals surface area contributed by atoms with Gasteiger partial charge in [-0.2, -0.15) is 0 Å². The molecule has 0 spiro atoms. The lowest BCUT2D eigenvalue weighted by molar-refractivity contribution is 0.518. The molecule has 22 heavy (non-hydrogen) atoms. The summed E-state index contributed by atoms with van der Waals surface area (Å²) in [5.41, 5.74) is 8.69. The van der Waals surface area contributed by atoms with Gasteiger partial charge in [0.05, 0.1) is 12.8 Å². The minimum atomic E-state index is 0.470. The zero-order valence-electron chi connectivity index (χ0n) is 12.2. The fraction of sp³-hybridized carbons (Fsp3) is 0.125. The molecule has 0 fully saturated rings. The van der Waals surface area contributed by atoms with Gasteiger partial charge in [-0.05, 0) is 30.7 Å². The zero-order chi connectivity index (χ0) is 15.4. The van der Waals surface area contributed by atoms with Crippen LogP contribution in [-0.2, 0) is 6.54 Å². The van der Waals surface area contributed by atoms with Crippen LogP contribution in [0.5, 0.6) is 0 Å². The van der Waals surface area contributed by atoms with Gasteiger partial charge >= 0.3 is 0 Å². The van der Waals surface area contributed by atoms with Crippen LogP contribution in [0.3, 0.4) is 0 Å². The van der Waals surface area contributed by atoms with E-state index < -0.39 is 0 Å². The summed E-state index contributed by atoms with van der Waals surface area (Å²) in [7, 11) is 0. The van der Waals surface area contributed by atoms with Gasteiger partial charge in [-0.15, -0.1) is 0 Å². The van der Waals surface area contributed by atoms with Crippen molar-refractivity contribution in [3.8, 4) is 0 Å². The van der Waals surface area contributed by atoms with E-state index in [2.05, 4.69) is 20.6 Å². The molecule has 0 amide bonds. The van der Waals surface area contributed by atoms with Crippen molar-refractivity contribution in [2.45, 2.75) is 13.5 Å². The van der Waals surface area contributed by atoms with Gasteiger partial charge < -0.3 is 20.8 Å². The van der Waals surface area contributed by atoms with Crippen molar-refractivity contribution in [2.24, 2.45) is 0 Å². The molecule has 0 atom stereocenters. The lowest BCUT2D eigenvalue weighted by atomic mass is 10.2. The van der Waals surface area contributed by atoms with Crippen molar-refractivity contribution in [2.75, 3.05) is 16.4 Å². The highest BCUT2D eigenvalue weighted by Crippen LogP contribution is 2.27. The minimum Gasteiger partial charge on any atom is -0.467 e. The first-order valence-corrected chi connectivity index (χ1v) is 6.93. The summed E-state index contributed by atoms with van der Waals surface area (Å²) in [4.78, 5) is 8.38. The highest BCUT2D eigenvalue weighted by atomic mass is 16.3. The molecule has 3 aromatic rings. The number of nitrogens with one attached hydrogen (secondary N) is 2. The van der Waals surface area contributed by atoms with E-state index >= 15 is 0 Å². The molecule has 2 aromatic heterocycles. The van der Waals surface area contributed by atoms with E-state index in [-0.39, 0.29) is 0 Å². The topological polar surface area (TPSA) is 89.0 Å². The maximum absolute atomic E-state index is 6.14. The van der Waals surface area contributed by atoms with E-state index in [1.165, 1.54) is 6.33 Å². The summed E-state index contributed by atoms with van der Waals surface area (Å²) in [6, 6.07) is 11.7. The third-order valence-corrected chi connectivity index (χ3v) is 3.29. The third kappa shape index (κ3) is 3.01. The van der Waals surface area contributed by atoms with Crippen LogP contribution in [0.1, 0.15) is 11.3 Å². The molecule has 2 heterocycles. The van der Waals surface area contributed by atoms with Crippen molar-refractivity contribution in [1.29, 1.82) is 0 Å². The Bertz CT molecular complexity index is 755. The van der Waals surface area contributed by atoms with E-state index in [0.29, 0.717) is 23.9 Å². The van der Waals surface area contributed by atoms with Gasteiger partial charge in [-0.25, -0.2) is 9.97 Å². The fourth-order valence-corrected chi connectivity index (χ4v) is 2.06. The number of nitrogens with zero attached hydrogens (tertiary/aromatic N) is 2. The van der Waals surface area contributed by atoms with E-state index in [1.54, 1.807) is 6.26 Å². The molecule has 0 unspecified atom stereocenters. The number of nitrogens with two attached hydrogens (primary N) is 1. The molecular weight excluding hydrogens is 278 g/mol. The van der Waals surface area contributed by atoms with Gasteiger partial charge in [-0.1, -0.05) is 18.2 Å². The monoisotopic (exact) mass is 295 g/mol. The highest BCUT2D eigenvalue weighted by Gasteiger charge is 2.09. The molecular formula is C16H17N5O. The Labute approximate surface area is 128 Å². The van der Waals surface area contributed by atoms with Gasteiger partial charge in [0.15, 0.2) is 11.6 Å². The second-order valence-corrected chi connectivity index (χ2v) is 4.86. The Morgan fingerprint density at radius 2 is 1.91 bits per heavy atom. The van der Waals surface area contributed by atoms with Crippen LogP contribution in [-0.4, -0.2) is 9.97 Å². The van der Waals surface area contributed by atoms with Gasteiger partial charge in [0, 0.05) is 5.69 Å². The standard InChI is InChI=1S/C16H17N5O/c1-11-5-2-3-7-13(11)21-16-14(17)15(19-10-20-16)18-9-12-6-4-8-22-12/h2-8,10H,9,17H2,1H3,(H2,18,19,20,21). The first kappa shape index (κ1) is 13.9. The van der Waals surface area contributed by atoms with Gasteiger partial charge in [0.25, 0.3) is 0 Å². The number of anilines is 4. The van der Waals surface area contributed by atoms with Crippen LogP contribution in [0.25, 0.3) is 0 Å². The molecule has 0 radical (unpaired) electrons. The van der Waals surface area contributed by atoms with Crippen molar-refractivity contribution in [3.05, 3.63) is 60.3 Å². The summed E-state index contributed by atoms with van der Waals surface area (Å²) in [5.74, 6) is 1.96. The van der Waals surface area contributed by atoms with Gasteiger partial charge in [0.2, 0.25) is 0 Å². The predicted octanol–water partition coefficient (Wildman–Crippen LogP) is 3.32. The minimum absolute atomic E-state index is 0.470. The molecule has 0 aliphatic carbocycles. The van der Waals surface area contributed by atoms with Crippen molar-refractivity contribution in [1.82, 2.24) is 9.97 Å². The Morgan fingerprint density at radius 3 is 2.68 bits per heavy atom. The number of rotatable bonds is 5. The average Bonchev–Trinajstić information content (AvgIpc) is 3.04. The van der Waals surface area contributed by atoms with E-state index in [9.17, 15) is 0 Å². The summed E-state index contributed by atoms with van der Waals surface area (Å²) < 4.78 is 5.27. The number of aromatic nitrogens is 2. The van der Waals surface area contributed by atoms with Crippen molar-refractivity contribution < 1.29 is 4.42 Å². The van der Waals surface area contributed by atoms with Gasteiger partial charge in [-0.3, -0.25) is 0 Å². The molecule has 6 heteroatoms. The normalized spacial score (nSPS) is 10.4. The van der Waals surface area contributed by atoms with Gasteiger partial charge in [0.1, 0.15) is 17.8 Å². The number of furan rings is 1. The lowest BCUT2D eigenvalue weighted by Gasteiger charge is -2.13. The maximum Gasteiger partial charge on any atom is 0.159 e. The molecule has 3 rings (SSSR count). The largest absolute Gasteiger partial charge is 0.467 e. The molecule has 4 N–H and O–H groups in total. The van der Waals surface area contributed by atoms with E-state index in [1.807, 2.05) is 43.3 Å². The Morgan fingerprint density at radius 1 is 1.09 bits per heavy atom. The number of hydrogen-bond donors (Lipinski definition) is 3. The predicted molar refractivity (Wildman–Crippen MR) is 86.9 cm³/mol. The molecule has 1 aromatic carbocycles. The summed E-state index contributed by atoms with van der Waals surface area (Å²) in [5, 5.41) is 6.38. The highest BCUT2D eigenvalue weighted by molar-refractivity contribution is 5.78. The lowest BCUT2D eigenvalue weighted by Crippen LogP contribution is -2.08. The summed E-state index contributed by atoms with van der Waals surface area (Å²) in [6.07, 6.45) is 3.10. The third-order valence-electron chi connectivity index (χ3n) is 3.29. The van der Waals surface area contributed by atoms with Crippen molar-refractivity contribution >= 4 is 23.0 Å². The van der Waals surface area contributed by atoms with Crippen LogP contribution in [0, 0.1) is 6.92 Å². The Hall–Kier alpha value is -3.02. The Balaban J connectivity index is 1.78. The summed E-state index contributed by atoms with van der Waals surface area (Å²) in [6.45, 7) is 2.54. The van der Waals surface area contributed by atoms with E-state index in [4.69, 9.17) is 10.2 Å². The van der Waals surface area contributed by atoms with Crippen LogP contribution in [0.2, 0.25) is 0 Å². The van der Waals surface area contributed by atoms with Crippen molar-refractivity contribution in [3.63, 3.8) is 0 Å². The Kier molecular flexibility index (Phi) is 3.91. The molecule has 0 bridgehead atoms. The number of nitrogen functional groups attached to an aromatic ring is 1. The maximum atomic E-state index is 6.14. The molecule has 6 nitrogen and oxygen atoms in total. The number of aryl methyl sites for hydroxylation is 1. The number of para-hydroxylation sites is 1. The summed E-state index contributed by atoms with van der Waals surface area (Å²) >= 11 is 0. The molecule has 0 saturated heterocycles. The van der Waals surface area contributed by atoms with Crippen LogP contribution < -0.4 is 16.4 Å². The fourth-order valence-electron chi connectivity index (χ4n) is 2.06. The van der Waals surface area contributed by atoms with Crippen LogP contribution in [0.4, 0.5) is 23.0 Å². The average molecular weight is 295 g/mol. The first-order chi connectivity index (χ1) is 10.7. The van der Waals surface area contributed by atoms with E-state index in [0.717, 1.165) is 17.0 Å².